The zero-order valence-corrected chi connectivity index (χ0v) is 8.50. The zero-order valence-electron chi connectivity index (χ0n) is 8.50. The Kier molecular flexibility index (Phi) is 4.24. The molecule has 0 radical (unpaired) electrons. The van der Waals surface area contributed by atoms with E-state index < -0.39 is 5.97 Å². The average molecular weight is 174 g/mol. The monoisotopic (exact) mass is 174 g/mol. The van der Waals surface area contributed by atoms with E-state index in [1.54, 1.807) is 6.92 Å². The Balaban J connectivity index is 4.58. The van der Waals surface area contributed by atoms with Crippen LogP contribution < -0.4 is 0 Å². The van der Waals surface area contributed by atoms with Gasteiger partial charge in [-0.1, -0.05) is 0 Å². The van der Waals surface area contributed by atoms with Gasteiger partial charge in [0.2, 0.25) is 0 Å². The van der Waals surface area contributed by atoms with E-state index in [4.69, 9.17) is 5.11 Å². The van der Waals surface area contributed by atoms with Crippen LogP contribution in [-0.4, -0.2) is 41.2 Å². The van der Waals surface area contributed by atoms with Crippen molar-refractivity contribution in [2.24, 2.45) is 0 Å². The van der Waals surface area contributed by atoms with Gasteiger partial charge in [-0.2, -0.15) is 0 Å². The zero-order chi connectivity index (χ0) is 9.78. The highest BCUT2D eigenvalue weighted by molar-refractivity contribution is 5.71. The molecule has 0 rings (SSSR count). The number of hydrogen-bond acceptors (Lipinski definition) is 1. The minimum atomic E-state index is -0.694. The molecular weight excluding hydrogens is 154 g/mol. The maximum Gasteiger partial charge on any atom is 0.362 e. The summed E-state index contributed by atoms with van der Waals surface area (Å²) >= 11 is 0. The van der Waals surface area contributed by atoms with Crippen molar-refractivity contribution in [1.82, 2.24) is 0 Å². The van der Waals surface area contributed by atoms with E-state index in [2.05, 4.69) is 0 Å². The molecule has 0 heterocycles. The highest BCUT2D eigenvalue weighted by Crippen LogP contribution is 2.12. The largest absolute Gasteiger partial charge is 0.477 e. The Hall–Kier alpha value is -0.570. The van der Waals surface area contributed by atoms with Crippen LogP contribution in [0.3, 0.4) is 0 Å². The number of hydrogen-bond donors (Lipinski definition) is 1. The van der Waals surface area contributed by atoms with Crippen molar-refractivity contribution in [2.45, 2.75) is 33.7 Å². The van der Waals surface area contributed by atoms with Crippen LogP contribution in [0.1, 0.15) is 27.7 Å². The minimum Gasteiger partial charge on any atom is -0.477 e. The number of quaternary nitrogens is 1. The van der Waals surface area contributed by atoms with Crippen LogP contribution in [0.2, 0.25) is 0 Å². The molecule has 0 saturated heterocycles. The molecule has 0 aromatic rings. The first-order valence-electron chi connectivity index (χ1n) is 4.62. The van der Waals surface area contributed by atoms with Gasteiger partial charge in [-0.25, -0.2) is 4.79 Å². The van der Waals surface area contributed by atoms with Crippen LogP contribution in [-0.2, 0) is 4.79 Å². The van der Waals surface area contributed by atoms with Gasteiger partial charge in [-0.3, -0.25) is 0 Å². The molecule has 0 bridgehead atoms. The summed E-state index contributed by atoms with van der Waals surface area (Å²) in [5.74, 6) is -0.694. The summed E-state index contributed by atoms with van der Waals surface area (Å²) in [6.07, 6.45) is 0. The Bertz CT molecular complexity index is 144. The maximum atomic E-state index is 10.8. The molecule has 0 aliphatic rings. The lowest BCUT2D eigenvalue weighted by molar-refractivity contribution is -0.936. The molecule has 1 atom stereocenters. The third-order valence-corrected chi connectivity index (χ3v) is 3.07. The summed E-state index contributed by atoms with van der Waals surface area (Å²) in [6, 6.07) is -0.287. The predicted octanol–water partition coefficient (Wildman–Crippen LogP) is 1.34. The summed E-state index contributed by atoms with van der Waals surface area (Å²) < 4.78 is 0.676. The summed E-state index contributed by atoms with van der Waals surface area (Å²) in [5.41, 5.74) is 0. The fraction of sp³-hybridized carbons (Fsp3) is 0.889. The number of aliphatic carboxylic acids is 1. The van der Waals surface area contributed by atoms with Crippen LogP contribution >= 0.6 is 0 Å². The third kappa shape index (κ3) is 1.97. The van der Waals surface area contributed by atoms with Crippen LogP contribution in [0.15, 0.2) is 0 Å². The smallest absolute Gasteiger partial charge is 0.362 e. The Morgan fingerprint density at radius 3 is 1.67 bits per heavy atom. The fourth-order valence-corrected chi connectivity index (χ4v) is 1.73. The first kappa shape index (κ1) is 11.4. The molecule has 0 amide bonds. The molecule has 0 spiro atoms. The summed E-state index contributed by atoms with van der Waals surface area (Å²) in [5, 5.41) is 8.90. The van der Waals surface area contributed by atoms with Gasteiger partial charge < -0.3 is 9.59 Å². The molecule has 0 saturated carbocycles. The molecule has 12 heavy (non-hydrogen) atoms. The van der Waals surface area contributed by atoms with Crippen molar-refractivity contribution in [3.8, 4) is 0 Å². The quantitative estimate of drug-likeness (QED) is 0.638. The van der Waals surface area contributed by atoms with Gasteiger partial charge in [0.25, 0.3) is 0 Å². The van der Waals surface area contributed by atoms with Gasteiger partial charge >= 0.3 is 5.97 Å². The second-order valence-electron chi connectivity index (χ2n) is 3.18. The lowest BCUT2D eigenvalue weighted by Crippen LogP contribution is -2.57. The summed E-state index contributed by atoms with van der Waals surface area (Å²) in [4.78, 5) is 10.8. The van der Waals surface area contributed by atoms with E-state index in [0.717, 1.165) is 19.6 Å². The van der Waals surface area contributed by atoms with E-state index in [1.165, 1.54) is 0 Å². The molecule has 0 aliphatic carbocycles. The van der Waals surface area contributed by atoms with Crippen molar-refractivity contribution in [3.63, 3.8) is 0 Å². The van der Waals surface area contributed by atoms with Crippen LogP contribution in [0.5, 0.6) is 0 Å². The molecule has 0 aromatic carbocycles. The number of rotatable bonds is 5. The van der Waals surface area contributed by atoms with Gasteiger partial charge in [-0.15, -0.1) is 0 Å². The second kappa shape index (κ2) is 4.45. The molecule has 0 aliphatic heterocycles. The number of nitrogens with zero attached hydrogens (tertiary/aromatic N) is 1. The Morgan fingerprint density at radius 1 is 1.25 bits per heavy atom. The molecule has 3 nitrogen and oxygen atoms in total. The first-order valence-corrected chi connectivity index (χ1v) is 4.62. The molecule has 72 valence electrons. The molecule has 1 N–H and O–H groups in total. The Labute approximate surface area is 74.6 Å². The molecule has 0 fully saturated rings. The van der Waals surface area contributed by atoms with Crippen LogP contribution in [0.4, 0.5) is 0 Å². The number of likely N-dealkylation sites (N-methyl/N-ethyl adjacent to an activating group) is 1. The molecule has 0 unspecified atom stereocenters. The van der Waals surface area contributed by atoms with Gasteiger partial charge in [0.15, 0.2) is 6.04 Å². The predicted molar refractivity (Wildman–Crippen MR) is 49.0 cm³/mol. The lowest BCUT2D eigenvalue weighted by atomic mass is 10.2. The summed E-state index contributed by atoms with van der Waals surface area (Å²) in [6.45, 7) is 10.6. The molecule has 3 heteroatoms. The lowest BCUT2D eigenvalue weighted by Gasteiger charge is -2.39. The first-order chi connectivity index (χ1) is 5.54. The van der Waals surface area contributed by atoms with Crippen molar-refractivity contribution in [3.05, 3.63) is 0 Å². The third-order valence-electron chi connectivity index (χ3n) is 3.07. The highest BCUT2D eigenvalue weighted by Gasteiger charge is 2.33. The molecular formula is C9H20NO2+. The van der Waals surface area contributed by atoms with Crippen molar-refractivity contribution in [2.75, 3.05) is 19.6 Å². The topological polar surface area (TPSA) is 37.3 Å². The van der Waals surface area contributed by atoms with E-state index in [-0.39, 0.29) is 6.04 Å². The normalized spacial score (nSPS) is 14.3. The van der Waals surface area contributed by atoms with Gasteiger partial charge in [0.05, 0.1) is 19.6 Å². The molecule has 0 aromatic heterocycles. The fourth-order valence-electron chi connectivity index (χ4n) is 1.73. The van der Waals surface area contributed by atoms with Crippen molar-refractivity contribution >= 4 is 5.97 Å². The van der Waals surface area contributed by atoms with E-state index >= 15 is 0 Å². The van der Waals surface area contributed by atoms with E-state index in [1.807, 2.05) is 20.8 Å². The Morgan fingerprint density at radius 2 is 1.58 bits per heavy atom. The SMILES string of the molecule is CC[N+](CC)(CC)[C@@H](C)C(=O)O. The van der Waals surface area contributed by atoms with Crippen LogP contribution in [0.25, 0.3) is 0 Å². The number of carboxylic acid groups (broad SMARTS) is 1. The van der Waals surface area contributed by atoms with Crippen LogP contribution in [0, 0.1) is 0 Å². The van der Waals surface area contributed by atoms with Crippen molar-refractivity contribution < 1.29 is 14.4 Å². The minimum absolute atomic E-state index is 0.287. The van der Waals surface area contributed by atoms with Gasteiger partial charge in [0, 0.05) is 0 Å². The standard InChI is InChI=1S/C9H19NO2/c1-5-10(6-2,7-3)8(4)9(11)12/h8H,5-7H2,1-4H3/p+1/t8-/m0/s1. The maximum absolute atomic E-state index is 10.8. The van der Waals surface area contributed by atoms with Gasteiger partial charge in [0.1, 0.15) is 0 Å². The van der Waals surface area contributed by atoms with E-state index in [9.17, 15) is 4.79 Å². The highest BCUT2D eigenvalue weighted by atomic mass is 16.4. The average Bonchev–Trinajstić information content (AvgIpc) is 2.08. The van der Waals surface area contributed by atoms with E-state index in [0.29, 0.717) is 4.48 Å². The number of carbonyl (C=O) groups is 1. The van der Waals surface area contributed by atoms with Crippen molar-refractivity contribution in [1.29, 1.82) is 0 Å². The number of carboxylic acids is 1. The van der Waals surface area contributed by atoms with Gasteiger partial charge in [-0.05, 0) is 27.7 Å². The summed E-state index contributed by atoms with van der Waals surface area (Å²) in [7, 11) is 0. The second-order valence-corrected chi connectivity index (χ2v) is 3.18.